The zero-order valence-electron chi connectivity index (χ0n) is 15.1. The van der Waals surface area contributed by atoms with E-state index in [1.807, 2.05) is 0 Å². The van der Waals surface area contributed by atoms with Gasteiger partial charge in [0.1, 0.15) is 15.9 Å². The van der Waals surface area contributed by atoms with Crippen molar-refractivity contribution in [3.05, 3.63) is 59.1 Å². The van der Waals surface area contributed by atoms with Gasteiger partial charge < -0.3 is 14.6 Å². The number of hydrogen-bond donors (Lipinski definition) is 2. The fourth-order valence-corrected chi connectivity index (χ4v) is 4.28. The topological polar surface area (TPSA) is 134 Å². The maximum Gasteiger partial charge on any atom is 0.339 e. The molecule has 0 radical (unpaired) electrons. The van der Waals surface area contributed by atoms with Crippen molar-refractivity contribution in [2.75, 3.05) is 0 Å². The number of carbonyl (C=O) groups excluding carboxylic acids is 1. The van der Waals surface area contributed by atoms with E-state index in [1.165, 1.54) is 42.6 Å². The molecule has 1 heterocycles. The third-order valence-corrected chi connectivity index (χ3v) is 6.24. The monoisotopic (exact) mass is 467 g/mol. The van der Waals surface area contributed by atoms with Crippen LogP contribution in [0.5, 0.6) is 5.75 Å². The summed E-state index contributed by atoms with van der Waals surface area (Å²) in [4.78, 5) is 22.3. The number of carbonyl (C=O) groups is 2. The number of rotatable bonds is 7. The van der Waals surface area contributed by atoms with Gasteiger partial charge in [-0.05, 0) is 42.0 Å². The van der Waals surface area contributed by atoms with E-state index in [0.717, 1.165) is 11.8 Å². The number of hydrogen-bond acceptors (Lipinski definition) is 8. The molecular formula is C18H14ClN3O6S2. The summed E-state index contributed by atoms with van der Waals surface area (Å²) < 4.78 is 29.8. The Morgan fingerprint density at radius 2 is 2.00 bits per heavy atom. The number of carboxylic acid groups (broad SMARTS) is 1. The highest BCUT2D eigenvalue weighted by Gasteiger charge is 2.32. The summed E-state index contributed by atoms with van der Waals surface area (Å²) >= 11 is 6.74. The maximum atomic E-state index is 12.3. The number of amidine groups is 1. The fraction of sp³-hybridized carbons (Fsp3) is 0.111. The predicted octanol–water partition coefficient (Wildman–Crippen LogP) is 2.50. The molecule has 2 aromatic carbocycles. The molecule has 0 aliphatic carbocycles. The van der Waals surface area contributed by atoms with Gasteiger partial charge in [-0.1, -0.05) is 35.5 Å². The average Bonchev–Trinajstić information content (AvgIpc) is 3.00. The van der Waals surface area contributed by atoms with Crippen LogP contribution in [0, 0.1) is 0 Å². The number of thioether (sulfide) groups is 1. The number of nitrogens with one attached hydrogen (secondary N) is 1. The van der Waals surface area contributed by atoms with Gasteiger partial charge in [0.15, 0.2) is 5.17 Å². The van der Waals surface area contributed by atoms with Crippen LogP contribution in [0.1, 0.15) is 12.0 Å². The van der Waals surface area contributed by atoms with Gasteiger partial charge in [0, 0.05) is 5.02 Å². The lowest BCUT2D eigenvalue weighted by Gasteiger charge is -2.07. The number of halogens is 1. The highest BCUT2D eigenvalue weighted by Crippen LogP contribution is 2.23. The molecule has 2 aromatic rings. The molecular weight excluding hydrogens is 454 g/mol. The summed E-state index contributed by atoms with van der Waals surface area (Å²) in [7, 11) is -4.03. The first kappa shape index (κ1) is 21.8. The Morgan fingerprint density at radius 1 is 1.27 bits per heavy atom. The number of aliphatic carboxylic acids is 1. The highest BCUT2D eigenvalue weighted by atomic mass is 35.5. The molecule has 1 fully saturated rings. The largest absolute Gasteiger partial charge is 0.481 e. The zero-order valence-corrected chi connectivity index (χ0v) is 17.4. The molecule has 0 aromatic heterocycles. The van der Waals surface area contributed by atoms with Crippen molar-refractivity contribution in [2.24, 2.45) is 10.2 Å². The van der Waals surface area contributed by atoms with Crippen LogP contribution in [0.15, 0.2) is 63.6 Å². The summed E-state index contributed by atoms with van der Waals surface area (Å²) in [5.74, 6) is -1.46. The van der Waals surface area contributed by atoms with Gasteiger partial charge >= 0.3 is 16.1 Å². The molecule has 156 valence electrons. The van der Waals surface area contributed by atoms with Gasteiger partial charge in [-0.15, -0.1) is 5.10 Å². The summed E-state index contributed by atoms with van der Waals surface area (Å²) in [6.07, 6.45) is 1.02. The fourth-order valence-electron chi connectivity index (χ4n) is 2.32. The molecule has 3 rings (SSSR count). The molecule has 12 heteroatoms. The van der Waals surface area contributed by atoms with Gasteiger partial charge in [0.2, 0.25) is 5.91 Å². The van der Waals surface area contributed by atoms with Crippen LogP contribution in [-0.4, -0.2) is 42.0 Å². The van der Waals surface area contributed by atoms with Crippen LogP contribution < -0.4 is 9.50 Å². The van der Waals surface area contributed by atoms with Crippen LogP contribution in [0.25, 0.3) is 0 Å². The van der Waals surface area contributed by atoms with Crippen molar-refractivity contribution in [2.45, 2.75) is 16.6 Å². The van der Waals surface area contributed by atoms with Crippen molar-refractivity contribution in [1.29, 1.82) is 0 Å². The summed E-state index contributed by atoms with van der Waals surface area (Å²) in [5.41, 5.74) is 0.500. The molecule has 0 saturated carbocycles. The van der Waals surface area contributed by atoms with Crippen molar-refractivity contribution < 1.29 is 27.3 Å². The molecule has 1 atom stereocenters. The molecule has 1 saturated heterocycles. The van der Waals surface area contributed by atoms with Crippen LogP contribution in [0.3, 0.4) is 0 Å². The van der Waals surface area contributed by atoms with Gasteiger partial charge in [-0.25, -0.2) is 0 Å². The number of nitrogens with zero attached hydrogens (tertiary/aromatic N) is 2. The number of benzene rings is 2. The Hall–Kier alpha value is -2.89. The minimum atomic E-state index is -4.03. The molecule has 1 aliphatic heterocycles. The second-order valence-electron chi connectivity index (χ2n) is 5.91. The van der Waals surface area contributed by atoms with Crippen molar-refractivity contribution in [3.63, 3.8) is 0 Å². The van der Waals surface area contributed by atoms with E-state index >= 15 is 0 Å². The standard InChI is InChI=1S/C18H14ClN3O6S2/c19-12-4-6-14(7-5-12)30(26,27)28-13-3-1-2-11(8-13)10-20-22-18-21-17(25)15(29-18)9-16(23)24/h1-8,10,15H,9H2,(H,23,24)(H,21,22,25). The summed E-state index contributed by atoms with van der Waals surface area (Å²) in [5, 5.41) is 18.7. The lowest BCUT2D eigenvalue weighted by atomic mass is 10.2. The van der Waals surface area contributed by atoms with Crippen LogP contribution >= 0.6 is 23.4 Å². The van der Waals surface area contributed by atoms with E-state index in [-0.39, 0.29) is 22.2 Å². The van der Waals surface area contributed by atoms with Crippen molar-refractivity contribution in [1.82, 2.24) is 5.32 Å². The molecule has 1 aliphatic rings. The second-order valence-corrected chi connectivity index (χ2v) is 9.08. The molecule has 30 heavy (non-hydrogen) atoms. The first-order valence-electron chi connectivity index (χ1n) is 8.33. The Morgan fingerprint density at radius 3 is 2.70 bits per heavy atom. The normalized spacial score (nSPS) is 18.0. The number of amides is 1. The van der Waals surface area contributed by atoms with Gasteiger partial charge in [-0.2, -0.15) is 13.5 Å². The number of carboxylic acids is 1. The molecule has 9 nitrogen and oxygen atoms in total. The molecule has 0 spiro atoms. The third kappa shape index (κ3) is 5.81. The molecule has 1 unspecified atom stereocenters. The smallest absolute Gasteiger partial charge is 0.339 e. The molecule has 1 amide bonds. The Kier molecular flexibility index (Phi) is 6.75. The second kappa shape index (κ2) is 9.28. The van der Waals surface area contributed by atoms with Gasteiger partial charge in [0.05, 0.1) is 12.6 Å². The van der Waals surface area contributed by atoms with E-state index < -0.39 is 27.2 Å². The molecule has 2 N–H and O–H groups in total. The zero-order chi connectivity index (χ0) is 21.7. The van der Waals surface area contributed by atoms with Gasteiger partial charge in [-0.3, -0.25) is 9.59 Å². The Labute approximate surface area is 180 Å². The first-order valence-corrected chi connectivity index (χ1v) is 11.0. The van der Waals surface area contributed by atoms with Crippen LogP contribution in [0.4, 0.5) is 0 Å². The third-order valence-electron chi connectivity index (χ3n) is 3.66. The average molecular weight is 468 g/mol. The Bertz CT molecular complexity index is 1130. The molecule has 0 bridgehead atoms. The summed E-state index contributed by atoms with van der Waals surface area (Å²) in [6.45, 7) is 0. The lowest BCUT2D eigenvalue weighted by molar-refractivity contribution is -0.138. The minimum Gasteiger partial charge on any atom is -0.481 e. The van der Waals surface area contributed by atoms with Crippen molar-refractivity contribution >= 4 is 56.7 Å². The Balaban J connectivity index is 1.68. The first-order chi connectivity index (χ1) is 14.2. The maximum absolute atomic E-state index is 12.3. The minimum absolute atomic E-state index is 0.0396. The van der Waals surface area contributed by atoms with E-state index in [2.05, 4.69) is 15.5 Å². The van der Waals surface area contributed by atoms with E-state index in [4.69, 9.17) is 20.9 Å². The van der Waals surface area contributed by atoms with Crippen LogP contribution in [0.2, 0.25) is 5.02 Å². The van der Waals surface area contributed by atoms with E-state index in [1.54, 1.807) is 12.1 Å². The SMILES string of the molecule is O=C(O)CC1S/C(=N/N=Cc2cccc(OS(=O)(=O)c3ccc(Cl)cc3)c2)NC1=O. The van der Waals surface area contributed by atoms with Gasteiger partial charge in [0.25, 0.3) is 0 Å². The predicted molar refractivity (Wildman–Crippen MR) is 113 cm³/mol. The lowest BCUT2D eigenvalue weighted by Crippen LogP contribution is -2.26. The van der Waals surface area contributed by atoms with Crippen LogP contribution in [-0.2, 0) is 19.7 Å². The quantitative estimate of drug-likeness (QED) is 0.363. The van der Waals surface area contributed by atoms with E-state index in [9.17, 15) is 18.0 Å². The summed E-state index contributed by atoms with van der Waals surface area (Å²) in [6, 6.07) is 11.7. The van der Waals surface area contributed by atoms with Crippen molar-refractivity contribution in [3.8, 4) is 5.75 Å². The van der Waals surface area contributed by atoms with E-state index in [0.29, 0.717) is 10.6 Å². The highest BCUT2D eigenvalue weighted by molar-refractivity contribution is 8.15.